The molecule has 0 fully saturated rings. The van der Waals surface area contributed by atoms with Gasteiger partial charge in [0.05, 0.1) is 6.26 Å². The largest absolute Gasteiger partial charge is 0.494 e. The summed E-state index contributed by atoms with van der Waals surface area (Å²) in [5.41, 5.74) is 0. The molecule has 0 radical (unpaired) electrons. The maximum Gasteiger partial charge on any atom is 0.117 e. The zero-order chi connectivity index (χ0) is 5.40. The summed E-state index contributed by atoms with van der Waals surface area (Å²) in [6, 6.07) is 0. The molecule has 0 aromatic carbocycles. The molecule has 1 nitrogen and oxygen atoms in total. The summed E-state index contributed by atoms with van der Waals surface area (Å²) in [5.74, 6) is 0.675. The summed E-state index contributed by atoms with van der Waals surface area (Å²) in [7, 11) is 0. The van der Waals surface area contributed by atoms with Crippen LogP contribution in [0.3, 0.4) is 0 Å². The highest BCUT2D eigenvalue weighted by Gasteiger charge is 2.19. The third-order valence-electron chi connectivity index (χ3n) is 1.66. The molecule has 2 aliphatic rings. The molecular weight excluding hydrogens is 100 g/mol. The van der Waals surface area contributed by atoms with Gasteiger partial charge in [-0.05, 0) is 18.6 Å². The van der Waals surface area contributed by atoms with Gasteiger partial charge in [-0.1, -0.05) is 6.08 Å². The highest BCUT2D eigenvalue weighted by atomic mass is 16.5. The molecule has 1 heteroatoms. The first-order chi connectivity index (χ1) is 3.95. The van der Waals surface area contributed by atoms with E-state index in [1.807, 2.05) is 0 Å². The number of fused-ring (bicyclic) bond motifs is 2. The molecule has 8 heavy (non-hydrogen) atoms. The van der Waals surface area contributed by atoms with Crippen LogP contribution in [-0.4, -0.2) is 6.10 Å². The predicted octanol–water partition coefficient (Wildman–Crippen LogP) is 1.47. The number of hydrogen-bond donors (Lipinski definition) is 0. The van der Waals surface area contributed by atoms with Crippen molar-refractivity contribution in [2.24, 2.45) is 5.92 Å². The van der Waals surface area contributed by atoms with Gasteiger partial charge in [0, 0.05) is 5.92 Å². The maximum atomic E-state index is 5.20. The normalized spacial score (nSPS) is 40.0. The minimum atomic E-state index is 0.394. The van der Waals surface area contributed by atoms with Crippen molar-refractivity contribution in [1.29, 1.82) is 0 Å². The Labute approximate surface area is 48.7 Å². The van der Waals surface area contributed by atoms with Crippen molar-refractivity contribution in [2.45, 2.75) is 12.5 Å². The Bertz CT molecular complexity index is 144. The Hall–Kier alpha value is -0.720. The fourth-order valence-corrected chi connectivity index (χ4v) is 1.18. The molecule has 1 aliphatic heterocycles. The first-order valence-corrected chi connectivity index (χ1v) is 2.95. The van der Waals surface area contributed by atoms with Gasteiger partial charge in [-0.2, -0.15) is 0 Å². The van der Waals surface area contributed by atoms with Crippen molar-refractivity contribution in [2.75, 3.05) is 0 Å². The smallest absolute Gasteiger partial charge is 0.117 e. The van der Waals surface area contributed by atoms with Crippen LogP contribution in [0, 0.1) is 5.92 Å². The van der Waals surface area contributed by atoms with E-state index >= 15 is 0 Å². The van der Waals surface area contributed by atoms with Gasteiger partial charge < -0.3 is 4.74 Å². The molecule has 0 aromatic rings. The van der Waals surface area contributed by atoms with Crippen molar-refractivity contribution >= 4 is 0 Å². The van der Waals surface area contributed by atoms with E-state index in [0.717, 1.165) is 6.42 Å². The number of allylic oxidation sites excluding steroid dienone is 2. The van der Waals surface area contributed by atoms with Gasteiger partial charge in [0.25, 0.3) is 0 Å². The number of ether oxygens (including phenoxy) is 1. The van der Waals surface area contributed by atoms with E-state index in [4.69, 9.17) is 4.74 Å². The summed E-state index contributed by atoms with van der Waals surface area (Å²) in [5, 5.41) is 0. The van der Waals surface area contributed by atoms with Gasteiger partial charge in [0.15, 0.2) is 0 Å². The zero-order valence-electron chi connectivity index (χ0n) is 4.58. The van der Waals surface area contributed by atoms with Crippen molar-refractivity contribution in [3.63, 3.8) is 0 Å². The Kier molecular flexibility index (Phi) is 0.720. The fraction of sp³-hybridized carbons (Fsp3) is 0.429. The van der Waals surface area contributed by atoms with E-state index in [0.29, 0.717) is 12.0 Å². The van der Waals surface area contributed by atoms with Crippen LogP contribution in [0.2, 0.25) is 0 Å². The average Bonchev–Trinajstić information content (AvgIpc) is 2.12. The van der Waals surface area contributed by atoms with Gasteiger partial charge in [0.1, 0.15) is 6.10 Å². The molecule has 1 aliphatic carbocycles. The molecule has 2 rings (SSSR count). The molecule has 0 saturated carbocycles. The molecule has 0 N–H and O–H groups in total. The second-order valence-corrected chi connectivity index (χ2v) is 2.29. The van der Waals surface area contributed by atoms with Gasteiger partial charge >= 0.3 is 0 Å². The fourth-order valence-electron chi connectivity index (χ4n) is 1.18. The minimum Gasteiger partial charge on any atom is -0.494 e. The average molecular weight is 108 g/mol. The van der Waals surface area contributed by atoms with E-state index < -0.39 is 0 Å². The number of rotatable bonds is 0. The molecule has 1 heterocycles. The molecule has 0 unspecified atom stereocenters. The Morgan fingerprint density at radius 2 is 2.25 bits per heavy atom. The summed E-state index contributed by atoms with van der Waals surface area (Å²) < 4.78 is 5.20. The van der Waals surface area contributed by atoms with Crippen LogP contribution in [0.4, 0.5) is 0 Å². The van der Waals surface area contributed by atoms with Crippen molar-refractivity contribution in [1.82, 2.24) is 0 Å². The van der Waals surface area contributed by atoms with Crippen LogP contribution < -0.4 is 0 Å². The van der Waals surface area contributed by atoms with E-state index in [2.05, 4.69) is 18.2 Å². The van der Waals surface area contributed by atoms with Gasteiger partial charge in [-0.15, -0.1) is 0 Å². The molecule has 0 amide bonds. The van der Waals surface area contributed by atoms with Crippen molar-refractivity contribution < 1.29 is 4.74 Å². The SMILES string of the molecule is C1=C[C@H]2C=C[C@H](C2)O1. The second kappa shape index (κ2) is 1.38. The first kappa shape index (κ1) is 4.19. The highest BCUT2D eigenvalue weighted by Crippen LogP contribution is 2.25. The first-order valence-electron chi connectivity index (χ1n) is 2.95. The molecule has 0 aromatic heterocycles. The Balaban J connectivity index is 2.28. The molecule has 0 spiro atoms. The van der Waals surface area contributed by atoms with Gasteiger partial charge in [-0.3, -0.25) is 0 Å². The topological polar surface area (TPSA) is 9.23 Å². The highest BCUT2D eigenvalue weighted by molar-refractivity contribution is 5.13. The van der Waals surface area contributed by atoms with Crippen molar-refractivity contribution in [3.05, 3.63) is 24.5 Å². The maximum absolute atomic E-state index is 5.20. The lowest BCUT2D eigenvalue weighted by Crippen LogP contribution is -2.07. The van der Waals surface area contributed by atoms with E-state index in [-0.39, 0.29) is 0 Å². The zero-order valence-corrected chi connectivity index (χ0v) is 4.58. The van der Waals surface area contributed by atoms with Crippen LogP contribution in [0.25, 0.3) is 0 Å². The second-order valence-electron chi connectivity index (χ2n) is 2.29. The standard InChI is InChI=1S/C7H8O/c1-2-7-5-6(1)3-4-8-7/h1-4,6-7H,5H2/t6-,7-/m1/s1. The lowest BCUT2D eigenvalue weighted by atomic mass is 10.1. The van der Waals surface area contributed by atoms with E-state index in [1.54, 1.807) is 6.26 Å². The molecule has 2 bridgehead atoms. The van der Waals surface area contributed by atoms with Crippen LogP contribution in [0.15, 0.2) is 24.5 Å². The van der Waals surface area contributed by atoms with E-state index in [1.165, 1.54) is 0 Å². The summed E-state index contributed by atoms with van der Waals surface area (Å²) in [4.78, 5) is 0. The molecule has 0 saturated heterocycles. The summed E-state index contributed by atoms with van der Waals surface area (Å²) in [6.45, 7) is 0. The molecule has 2 atom stereocenters. The van der Waals surface area contributed by atoms with Crippen LogP contribution >= 0.6 is 0 Å². The van der Waals surface area contributed by atoms with E-state index in [9.17, 15) is 0 Å². The van der Waals surface area contributed by atoms with Crippen LogP contribution in [0.1, 0.15) is 6.42 Å². The van der Waals surface area contributed by atoms with Crippen LogP contribution in [-0.2, 0) is 4.74 Å². The predicted molar refractivity (Wildman–Crippen MR) is 31.3 cm³/mol. The quantitative estimate of drug-likeness (QED) is 0.427. The van der Waals surface area contributed by atoms with Gasteiger partial charge in [0.2, 0.25) is 0 Å². The van der Waals surface area contributed by atoms with Crippen molar-refractivity contribution in [3.8, 4) is 0 Å². The number of hydrogen-bond acceptors (Lipinski definition) is 1. The molecule has 42 valence electrons. The third-order valence-corrected chi connectivity index (χ3v) is 1.66. The Morgan fingerprint density at radius 1 is 1.25 bits per heavy atom. The summed E-state index contributed by atoms with van der Waals surface area (Å²) in [6.07, 6.45) is 9.79. The van der Waals surface area contributed by atoms with Gasteiger partial charge in [-0.25, -0.2) is 0 Å². The minimum absolute atomic E-state index is 0.394. The lowest BCUT2D eigenvalue weighted by molar-refractivity contribution is 0.165. The van der Waals surface area contributed by atoms with Crippen LogP contribution in [0.5, 0.6) is 0 Å². The monoisotopic (exact) mass is 108 g/mol. The Morgan fingerprint density at radius 3 is 3.00 bits per heavy atom. The lowest BCUT2D eigenvalue weighted by Gasteiger charge is -2.13. The summed E-state index contributed by atoms with van der Waals surface area (Å²) >= 11 is 0. The molecular formula is C7H8O. The third kappa shape index (κ3) is 0.474.